The van der Waals surface area contributed by atoms with E-state index in [1.54, 1.807) is 0 Å². The van der Waals surface area contributed by atoms with Crippen molar-refractivity contribution < 1.29 is 9.90 Å². The van der Waals surface area contributed by atoms with Crippen LogP contribution in [0.1, 0.15) is 25.3 Å². The van der Waals surface area contributed by atoms with Crippen LogP contribution in [0.2, 0.25) is 0 Å². The molecule has 17 heavy (non-hydrogen) atoms. The van der Waals surface area contributed by atoms with Crippen LogP contribution in [0.3, 0.4) is 0 Å². The Morgan fingerprint density at radius 2 is 2.00 bits per heavy atom. The molecule has 1 atom stereocenters. The first-order valence-electron chi connectivity index (χ1n) is 5.83. The molecule has 0 aliphatic heterocycles. The largest absolute Gasteiger partial charge is 0.480 e. The van der Waals surface area contributed by atoms with Gasteiger partial charge in [0, 0.05) is 0 Å². The van der Waals surface area contributed by atoms with Gasteiger partial charge in [0.15, 0.2) is 6.04 Å². The molecule has 1 aromatic rings. The molecular weight excluding hydrogens is 216 g/mol. The van der Waals surface area contributed by atoms with Crippen molar-refractivity contribution >= 4 is 5.97 Å². The predicted octanol–water partition coefficient (Wildman–Crippen LogP) is 2.93. The van der Waals surface area contributed by atoms with E-state index in [1.165, 1.54) is 12.5 Å². The molecule has 0 aliphatic rings. The van der Waals surface area contributed by atoms with E-state index in [4.69, 9.17) is 5.11 Å². The molecular formula is C13H18N2O2. The highest BCUT2D eigenvalue weighted by Crippen LogP contribution is 2.04. The maximum Gasteiger partial charge on any atom is 0.330 e. The van der Waals surface area contributed by atoms with Crippen LogP contribution in [-0.2, 0) is 11.2 Å². The highest BCUT2D eigenvalue weighted by Gasteiger charge is 2.07. The number of carboxylic acid groups (broad SMARTS) is 1. The molecule has 0 fully saturated rings. The van der Waals surface area contributed by atoms with Gasteiger partial charge in [-0.2, -0.15) is 10.2 Å². The van der Waals surface area contributed by atoms with Gasteiger partial charge in [0.25, 0.3) is 0 Å². The van der Waals surface area contributed by atoms with Gasteiger partial charge in [-0.25, -0.2) is 4.79 Å². The quantitative estimate of drug-likeness (QED) is 0.582. The average Bonchev–Trinajstić information content (AvgIpc) is 2.34. The second-order valence-electron chi connectivity index (χ2n) is 3.94. The van der Waals surface area contributed by atoms with E-state index >= 15 is 0 Å². The number of aryl methyl sites for hydroxylation is 1. The molecule has 0 spiro atoms. The summed E-state index contributed by atoms with van der Waals surface area (Å²) in [7, 11) is 0. The lowest BCUT2D eigenvalue weighted by Gasteiger charge is -1.99. The summed E-state index contributed by atoms with van der Waals surface area (Å²) in [6.45, 7) is 2.13. The molecule has 1 aromatic carbocycles. The third-order valence-electron chi connectivity index (χ3n) is 2.43. The van der Waals surface area contributed by atoms with Crippen LogP contribution < -0.4 is 0 Å². The highest BCUT2D eigenvalue weighted by atomic mass is 16.4. The Labute approximate surface area is 101 Å². The summed E-state index contributed by atoms with van der Waals surface area (Å²) in [5, 5.41) is 16.1. The van der Waals surface area contributed by atoms with Gasteiger partial charge in [-0.3, -0.25) is 0 Å². The lowest BCUT2D eigenvalue weighted by molar-refractivity contribution is -0.138. The lowest BCUT2D eigenvalue weighted by atomic mass is 10.1. The summed E-state index contributed by atoms with van der Waals surface area (Å²) in [4.78, 5) is 10.5. The van der Waals surface area contributed by atoms with Crippen LogP contribution in [0.5, 0.6) is 0 Å². The lowest BCUT2D eigenvalue weighted by Crippen LogP contribution is -2.12. The number of hydrogen-bond acceptors (Lipinski definition) is 3. The number of nitrogens with zero attached hydrogens (tertiary/aromatic N) is 2. The van der Waals surface area contributed by atoms with Crippen LogP contribution in [-0.4, -0.2) is 23.7 Å². The van der Waals surface area contributed by atoms with Crippen molar-refractivity contribution in [2.45, 2.75) is 32.2 Å². The minimum absolute atomic E-state index is 0.602. The first-order chi connectivity index (χ1) is 8.20. The second kappa shape index (κ2) is 7.54. The zero-order chi connectivity index (χ0) is 12.5. The van der Waals surface area contributed by atoms with Crippen molar-refractivity contribution in [1.82, 2.24) is 0 Å². The summed E-state index contributed by atoms with van der Waals surface area (Å²) in [5.41, 5.74) is 1.32. The molecule has 0 radical (unpaired) electrons. The molecule has 0 amide bonds. The summed E-state index contributed by atoms with van der Waals surface area (Å²) in [6.07, 6.45) is 3.01. The minimum atomic E-state index is -0.932. The number of rotatable bonds is 7. The molecule has 92 valence electrons. The fourth-order valence-corrected chi connectivity index (χ4v) is 1.39. The SMILES string of the molecule is CC(N=NCCCCc1ccccc1)C(=O)O. The number of azo groups is 1. The monoisotopic (exact) mass is 234 g/mol. The van der Waals surface area contributed by atoms with Gasteiger partial charge in [0.05, 0.1) is 6.54 Å². The van der Waals surface area contributed by atoms with Crippen LogP contribution in [0, 0.1) is 0 Å². The molecule has 0 bridgehead atoms. The van der Waals surface area contributed by atoms with Gasteiger partial charge in [-0.1, -0.05) is 30.3 Å². The van der Waals surface area contributed by atoms with E-state index in [0.29, 0.717) is 6.54 Å². The summed E-state index contributed by atoms with van der Waals surface area (Å²) >= 11 is 0. The van der Waals surface area contributed by atoms with E-state index < -0.39 is 12.0 Å². The molecule has 0 saturated carbocycles. The van der Waals surface area contributed by atoms with E-state index in [1.807, 2.05) is 18.2 Å². The normalized spacial score (nSPS) is 12.8. The van der Waals surface area contributed by atoms with Gasteiger partial charge in [0.1, 0.15) is 0 Å². The first kappa shape index (κ1) is 13.4. The maximum absolute atomic E-state index is 10.5. The van der Waals surface area contributed by atoms with Crippen molar-refractivity contribution in [1.29, 1.82) is 0 Å². The maximum atomic E-state index is 10.5. The number of aliphatic carboxylic acids is 1. The Morgan fingerprint density at radius 1 is 1.29 bits per heavy atom. The third kappa shape index (κ3) is 5.80. The molecule has 0 aliphatic carbocycles. The Bertz CT molecular complexity index is 363. The highest BCUT2D eigenvalue weighted by molar-refractivity contribution is 5.72. The zero-order valence-corrected chi connectivity index (χ0v) is 10.0. The molecule has 4 nitrogen and oxygen atoms in total. The van der Waals surface area contributed by atoms with Crippen molar-refractivity contribution in [3.63, 3.8) is 0 Å². The third-order valence-corrected chi connectivity index (χ3v) is 2.43. The van der Waals surface area contributed by atoms with Crippen LogP contribution in [0.15, 0.2) is 40.6 Å². The number of carboxylic acids is 1. The van der Waals surface area contributed by atoms with Gasteiger partial charge < -0.3 is 5.11 Å². The molecule has 0 saturated heterocycles. The molecule has 0 aromatic heterocycles. The fraction of sp³-hybridized carbons (Fsp3) is 0.462. The summed E-state index contributed by atoms with van der Waals surface area (Å²) in [6, 6.07) is 9.55. The summed E-state index contributed by atoms with van der Waals surface area (Å²) in [5.74, 6) is -0.932. The average molecular weight is 234 g/mol. The van der Waals surface area contributed by atoms with E-state index in [9.17, 15) is 4.79 Å². The molecule has 1 rings (SSSR count). The molecule has 1 unspecified atom stereocenters. The van der Waals surface area contributed by atoms with Gasteiger partial charge >= 0.3 is 5.97 Å². The van der Waals surface area contributed by atoms with Crippen LogP contribution in [0.25, 0.3) is 0 Å². The summed E-state index contributed by atoms with van der Waals surface area (Å²) < 4.78 is 0. The van der Waals surface area contributed by atoms with Crippen molar-refractivity contribution in [2.75, 3.05) is 6.54 Å². The fourth-order valence-electron chi connectivity index (χ4n) is 1.39. The minimum Gasteiger partial charge on any atom is -0.480 e. The van der Waals surface area contributed by atoms with E-state index in [0.717, 1.165) is 19.3 Å². The Balaban J connectivity index is 2.11. The van der Waals surface area contributed by atoms with E-state index in [2.05, 4.69) is 22.4 Å². The Morgan fingerprint density at radius 3 is 2.65 bits per heavy atom. The van der Waals surface area contributed by atoms with E-state index in [-0.39, 0.29) is 0 Å². The topological polar surface area (TPSA) is 62.0 Å². The van der Waals surface area contributed by atoms with Crippen molar-refractivity contribution in [3.05, 3.63) is 35.9 Å². The van der Waals surface area contributed by atoms with Gasteiger partial charge in [0.2, 0.25) is 0 Å². The van der Waals surface area contributed by atoms with Crippen LogP contribution >= 0.6 is 0 Å². The number of carbonyl (C=O) groups is 1. The van der Waals surface area contributed by atoms with Gasteiger partial charge in [-0.15, -0.1) is 0 Å². The predicted molar refractivity (Wildman–Crippen MR) is 66.2 cm³/mol. The Kier molecular flexibility index (Phi) is 5.93. The first-order valence-corrected chi connectivity index (χ1v) is 5.83. The second-order valence-corrected chi connectivity index (χ2v) is 3.94. The number of hydrogen-bond donors (Lipinski definition) is 1. The molecule has 4 heteroatoms. The standard InChI is InChI=1S/C13H18N2O2/c1-11(13(16)17)15-14-10-6-5-9-12-7-3-2-4-8-12/h2-4,7-8,11H,5-6,9-10H2,1H3,(H,16,17). The molecule has 0 heterocycles. The van der Waals surface area contributed by atoms with Crippen LogP contribution in [0.4, 0.5) is 0 Å². The van der Waals surface area contributed by atoms with Crippen molar-refractivity contribution in [2.24, 2.45) is 10.2 Å². The van der Waals surface area contributed by atoms with Gasteiger partial charge in [-0.05, 0) is 31.7 Å². The number of benzene rings is 1. The smallest absolute Gasteiger partial charge is 0.330 e. The number of unbranched alkanes of at least 4 members (excludes halogenated alkanes) is 1. The van der Waals surface area contributed by atoms with Crippen molar-refractivity contribution in [3.8, 4) is 0 Å². The zero-order valence-electron chi connectivity index (χ0n) is 10.0. The Hall–Kier alpha value is -1.71. The molecule has 1 N–H and O–H groups in total.